The lowest BCUT2D eigenvalue weighted by Gasteiger charge is -2.20. The fraction of sp³-hybridized carbons (Fsp3) is 0.125. The number of Topliss-reactive ketones (excluding diaryl/α,β-unsaturated/α-hetero) is 1. The highest BCUT2D eigenvalue weighted by Crippen LogP contribution is 2.24. The summed E-state index contributed by atoms with van der Waals surface area (Å²) in [4.78, 5) is 26.1. The summed E-state index contributed by atoms with van der Waals surface area (Å²) in [5.41, 5.74) is 11.6. The smallest absolute Gasteiger partial charge is 0.255 e. The van der Waals surface area contributed by atoms with Gasteiger partial charge in [-0.1, -0.05) is 48.5 Å². The summed E-state index contributed by atoms with van der Waals surface area (Å²) < 4.78 is 0. The van der Waals surface area contributed by atoms with Gasteiger partial charge in [-0.15, -0.1) is 0 Å². The van der Waals surface area contributed by atoms with Crippen LogP contribution in [0, 0.1) is 10.4 Å². The van der Waals surface area contributed by atoms with E-state index >= 15 is 0 Å². The highest BCUT2D eigenvalue weighted by molar-refractivity contribution is 6.24. The molecule has 0 heterocycles. The van der Waals surface area contributed by atoms with Crippen molar-refractivity contribution in [2.45, 2.75) is 25.7 Å². The summed E-state index contributed by atoms with van der Waals surface area (Å²) in [6.45, 7) is 0. The number of rotatable bonds is 4. The maximum Gasteiger partial charge on any atom is 0.255 e. The van der Waals surface area contributed by atoms with Crippen molar-refractivity contribution in [2.24, 2.45) is 0 Å². The van der Waals surface area contributed by atoms with Crippen LogP contribution in [-0.4, -0.2) is 11.7 Å². The molecule has 0 aromatic heterocycles. The molecule has 2 aliphatic carbocycles. The van der Waals surface area contributed by atoms with Crippen molar-refractivity contribution in [2.75, 3.05) is 11.1 Å². The number of nitrogens with one attached hydrogen (secondary N) is 1. The standard InChI is InChI=1S/C32H26N2O2/c33-23-7-3-6-22(19-23)32(36)34-24-14-11-21(12-15-24)31(35)30-10-4-9-26-28-16-13-20-5-1-2-8-25(20)27(28)17-18-29(26)30/h1-3,5-8,11-15,17-19H,4,9-10,16,33H2,(H,34,36). The third-order valence-corrected chi connectivity index (χ3v) is 7.21. The Bertz CT molecular complexity index is 1750. The summed E-state index contributed by atoms with van der Waals surface area (Å²) in [6.07, 6.45) is 5.95. The molecule has 36 heavy (non-hydrogen) atoms. The Kier molecular flexibility index (Phi) is 5.49. The minimum atomic E-state index is -0.236. The number of amides is 1. The van der Waals surface area contributed by atoms with Gasteiger partial charge in [0, 0.05) is 28.1 Å². The molecule has 0 atom stereocenters. The summed E-state index contributed by atoms with van der Waals surface area (Å²) in [7, 11) is 0. The number of anilines is 2. The molecule has 0 fully saturated rings. The van der Waals surface area contributed by atoms with E-state index in [0.29, 0.717) is 22.5 Å². The second-order valence-electron chi connectivity index (χ2n) is 9.43. The first-order valence-electron chi connectivity index (χ1n) is 12.3. The van der Waals surface area contributed by atoms with E-state index in [1.54, 1.807) is 48.5 Å². The van der Waals surface area contributed by atoms with Crippen molar-refractivity contribution in [1.29, 1.82) is 0 Å². The van der Waals surface area contributed by atoms with Crippen molar-refractivity contribution in [1.82, 2.24) is 0 Å². The van der Waals surface area contributed by atoms with E-state index in [-0.39, 0.29) is 11.7 Å². The van der Waals surface area contributed by atoms with E-state index in [2.05, 4.69) is 47.8 Å². The molecule has 0 radical (unpaired) electrons. The fourth-order valence-electron chi connectivity index (χ4n) is 5.45. The van der Waals surface area contributed by atoms with Gasteiger partial charge >= 0.3 is 0 Å². The molecule has 0 unspecified atom stereocenters. The molecule has 0 saturated carbocycles. The van der Waals surface area contributed by atoms with E-state index < -0.39 is 0 Å². The van der Waals surface area contributed by atoms with Crippen LogP contribution in [0.4, 0.5) is 11.4 Å². The average molecular weight is 471 g/mol. The number of carbonyl (C=O) groups excluding carboxylic acids is 2. The number of nitrogens with two attached hydrogens (primary N) is 1. The minimum absolute atomic E-state index is 0.0600. The number of ketones is 1. The second-order valence-corrected chi connectivity index (χ2v) is 9.43. The summed E-state index contributed by atoms with van der Waals surface area (Å²) in [5, 5.41) is 7.82. The molecule has 0 saturated heterocycles. The van der Waals surface area contributed by atoms with E-state index in [9.17, 15) is 9.59 Å². The van der Waals surface area contributed by atoms with Crippen molar-refractivity contribution < 1.29 is 9.59 Å². The van der Waals surface area contributed by atoms with Crippen LogP contribution in [0.5, 0.6) is 0 Å². The van der Waals surface area contributed by atoms with Crippen molar-refractivity contribution in [3.8, 4) is 0 Å². The van der Waals surface area contributed by atoms with Gasteiger partial charge in [-0.05, 0) is 100 Å². The molecule has 0 spiro atoms. The van der Waals surface area contributed by atoms with Crippen LogP contribution in [0.3, 0.4) is 0 Å². The van der Waals surface area contributed by atoms with E-state index in [0.717, 1.165) is 36.5 Å². The van der Waals surface area contributed by atoms with E-state index in [1.165, 1.54) is 26.8 Å². The Balaban J connectivity index is 1.33. The molecule has 4 heteroatoms. The topological polar surface area (TPSA) is 72.2 Å². The van der Waals surface area contributed by atoms with Gasteiger partial charge in [0.2, 0.25) is 0 Å². The van der Waals surface area contributed by atoms with Crippen molar-refractivity contribution in [3.63, 3.8) is 0 Å². The van der Waals surface area contributed by atoms with Crippen LogP contribution in [0.15, 0.2) is 84.9 Å². The molecule has 4 aromatic carbocycles. The molecule has 4 nitrogen and oxygen atoms in total. The zero-order valence-electron chi connectivity index (χ0n) is 19.9. The molecule has 3 N–H and O–H groups in total. The molecule has 176 valence electrons. The number of benzene rings is 4. The van der Waals surface area contributed by atoms with E-state index in [4.69, 9.17) is 5.73 Å². The van der Waals surface area contributed by atoms with Gasteiger partial charge in [0.1, 0.15) is 0 Å². The zero-order valence-corrected chi connectivity index (χ0v) is 19.9. The molecular formula is C32H26N2O2. The van der Waals surface area contributed by atoms with Crippen LogP contribution in [0.2, 0.25) is 0 Å². The molecule has 2 aliphatic rings. The van der Waals surface area contributed by atoms with Crippen LogP contribution in [0.1, 0.15) is 44.7 Å². The number of fused-ring (bicyclic) bond motifs is 4. The summed E-state index contributed by atoms with van der Waals surface area (Å²) in [6, 6.07) is 26.8. The lowest BCUT2D eigenvalue weighted by molar-refractivity contribution is 0.102. The Morgan fingerprint density at radius 2 is 1.53 bits per heavy atom. The third-order valence-electron chi connectivity index (χ3n) is 7.21. The molecule has 6 rings (SSSR count). The van der Waals surface area contributed by atoms with Crippen LogP contribution < -0.4 is 21.5 Å². The number of nitrogen functional groups attached to an aromatic ring is 1. The van der Waals surface area contributed by atoms with Crippen molar-refractivity contribution >= 4 is 34.7 Å². The monoisotopic (exact) mass is 470 g/mol. The van der Waals surface area contributed by atoms with Crippen molar-refractivity contribution in [3.05, 3.63) is 128 Å². The predicted octanol–water partition coefficient (Wildman–Crippen LogP) is 4.51. The Hall–Kier alpha value is -4.44. The van der Waals surface area contributed by atoms with Gasteiger partial charge in [0.05, 0.1) is 0 Å². The zero-order chi connectivity index (χ0) is 24.6. The highest BCUT2D eigenvalue weighted by atomic mass is 16.1. The van der Waals surface area contributed by atoms with Gasteiger partial charge in [-0.2, -0.15) is 0 Å². The molecule has 1 amide bonds. The predicted molar refractivity (Wildman–Crippen MR) is 144 cm³/mol. The summed E-state index contributed by atoms with van der Waals surface area (Å²) >= 11 is 0. The number of hydrogen-bond donors (Lipinski definition) is 2. The molecule has 0 aliphatic heterocycles. The Morgan fingerprint density at radius 1 is 0.722 bits per heavy atom. The van der Waals surface area contributed by atoms with E-state index in [1.807, 2.05) is 0 Å². The summed E-state index contributed by atoms with van der Waals surface area (Å²) in [5.74, 6) is -0.176. The minimum Gasteiger partial charge on any atom is -0.399 e. The lowest BCUT2D eigenvalue weighted by Crippen LogP contribution is -2.25. The first kappa shape index (κ1) is 22.1. The van der Waals surface area contributed by atoms with Gasteiger partial charge in [0.15, 0.2) is 5.78 Å². The first-order valence-corrected chi connectivity index (χ1v) is 12.3. The Labute approximate surface area is 209 Å². The van der Waals surface area contributed by atoms with Gasteiger partial charge in [0.25, 0.3) is 5.91 Å². The highest BCUT2D eigenvalue weighted by Gasteiger charge is 2.21. The number of carbonyl (C=O) groups is 2. The van der Waals surface area contributed by atoms with Crippen LogP contribution in [0.25, 0.3) is 11.6 Å². The van der Waals surface area contributed by atoms with Gasteiger partial charge in [-0.25, -0.2) is 0 Å². The Morgan fingerprint density at radius 3 is 2.36 bits per heavy atom. The number of hydrogen-bond acceptors (Lipinski definition) is 3. The second kappa shape index (κ2) is 8.97. The first-order chi connectivity index (χ1) is 17.6. The van der Waals surface area contributed by atoms with Gasteiger partial charge < -0.3 is 11.1 Å². The molecular weight excluding hydrogens is 444 g/mol. The SMILES string of the molecule is Nc1cccc(C(=O)Nc2ccc(C(=O)C3=c4ccc5c(c4CCC3)CC=c3ccccc3=5)cc2)c1. The van der Waals surface area contributed by atoms with Gasteiger partial charge in [-0.3, -0.25) is 9.59 Å². The van der Waals surface area contributed by atoms with Crippen LogP contribution in [-0.2, 0) is 12.8 Å². The van der Waals surface area contributed by atoms with Crippen LogP contribution >= 0.6 is 0 Å². The maximum absolute atomic E-state index is 13.6. The largest absolute Gasteiger partial charge is 0.399 e. The molecule has 0 bridgehead atoms. The quantitative estimate of drug-likeness (QED) is 0.340. The normalized spacial score (nSPS) is 13.6. The average Bonchev–Trinajstić information content (AvgIpc) is 2.92. The third kappa shape index (κ3) is 3.91. The molecule has 4 aromatic rings. The maximum atomic E-state index is 13.6. The lowest BCUT2D eigenvalue weighted by atomic mass is 9.84. The fourth-order valence-corrected chi connectivity index (χ4v) is 5.45.